The number of para-hydroxylation sites is 4. The Labute approximate surface area is 189 Å². The molecule has 5 rings (SSSR count). The van der Waals surface area contributed by atoms with Crippen molar-refractivity contribution in [2.45, 2.75) is 52.6 Å². The van der Waals surface area contributed by atoms with Crippen molar-refractivity contribution in [1.29, 1.82) is 0 Å². The van der Waals surface area contributed by atoms with Crippen LogP contribution in [0.1, 0.15) is 39.5 Å². The smallest absolute Gasteiger partial charge is 0.141 e. The van der Waals surface area contributed by atoms with Gasteiger partial charge in [-0.2, -0.15) is 0 Å². The van der Waals surface area contributed by atoms with Gasteiger partial charge in [-0.1, -0.05) is 75.2 Å². The third-order valence-corrected chi connectivity index (χ3v) is 6.19. The van der Waals surface area contributed by atoms with Crippen molar-refractivity contribution in [1.82, 2.24) is 19.1 Å². The van der Waals surface area contributed by atoms with E-state index in [9.17, 15) is 0 Å². The Morgan fingerprint density at radius 3 is 1.41 bits per heavy atom. The summed E-state index contributed by atoms with van der Waals surface area (Å²) in [6.45, 7) is 6.41. The standard InChI is InChI=1S/C28H30N4/c1-3-5-19-31-25-17-11-9-15-23(25)29-27(31)21-13-7-8-14-22(21)28-30-24-16-10-12-18-26(24)32(28)20-6-4-2/h7-18H,3-6,19-20H2,1-2H3. The first kappa shape index (κ1) is 20.5. The van der Waals surface area contributed by atoms with Crippen molar-refractivity contribution in [2.75, 3.05) is 0 Å². The third kappa shape index (κ3) is 3.60. The molecular formula is C28H30N4. The van der Waals surface area contributed by atoms with Gasteiger partial charge in [0, 0.05) is 24.2 Å². The molecule has 162 valence electrons. The molecule has 0 bridgehead atoms. The number of aryl methyl sites for hydroxylation is 2. The molecule has 5 aromatic rings. The number of hydrogen-bond acceptors (Lipinski definition) is 2. The third-order valence-electron chi connectivity index (χ3n) is 6.19. The molecular weight excluding hydrogens is 392 g/mol. The van der Waals surface area contributed by atoms with Crippen LogP contribution in [-0.2, 0) is 13.1 Å². The fraction of sp³-hybridized carbons (Fsp3) is 0.286. The fourth-order valence-electron chi connectivity index (χ4n) is 4.52. The topological polar surface area (TPSA) is 35.6 Å². The second kappa shape index (κ2) is 8.99. The molecule has 0 saturated carbocycles. The molecule has 32 heavy (non-hydrogen) atoms. The monoisotopic (exact) mass is 422 g/mol. The maximum Gasteiger partial charge on any atom is 0.141 e. The summed E-state index contributed by atoms with van der Waals surface area (Å²) in [7, 11) is 0. The fourth-order valence-corrected chi connectivity index (χ4v) is 4.52. The number of imidazole rings is 2. The van der Waals surface area contributed by atoms with Gasteiger partial charge in [0.25, 0.3) is 0 Å². The number of fused-ring (bicyclic) bond motifs is 2. The van der Waals surface area contributed by atoms with Crippen LogP contribution in [0, 0.1) is 0 Å². The Morgan fingerprint density at radius 2 is 0.969 bits per heavy atom. The van der Waals surface area contributed by atoms with Gasteiger partial charge in [0.1, 0.15) is 11.6 Å². The Hall–Kier alpha value is -3.40. The zero-order valence-corrected chi connectivity index (χ0v) is 19.0. The van der Waals surface area contributed by atoms with E-state index in [-0.39, 0.29) is 0 Å². The van der Waals surface area contributed by atoms with E-state index in [1.807, 2.05) is 0 Å². The highest BCUT2D eigenvalue weighted by molar-refractivity contribution is 5.88. The molecule has 3 aromatic carbocycles. The molecule has 2 aromatic heterocycles. The summed E-state index contributed by atoms with van der Waals surface area (Å²) in [4.78, 5) is 10.2. The molecule has 0 aliphatic heterocycles. The van der Waals surface area contributed by atoms with Crippen molar-refractivity contribution in [3.8, 4) is 22.8 Å². The zero-order valence-electron chi connectivity index (χ0n) is 19.0. The van der Waals surface area contributed by atoms with Crippen LogP contribution in [0.3, 0.4) is 0 Å². The summed E-state index contributed by atoms with van der Waals surface area (Å²) in [6.07, 6.45) is 4.57. The number of unbranched alkanes of at least 4 members (excludes halogenated alkanes) is 2. The number of hydrogen-bond donors (Lipinski definition) is 0. The number of benzene rings is 3. The predicted octanol–water partition coefficient (Wildman–Crippen LogP) is 7.32. The molecule has 0 N–H and O–H groups in total. The van der Waals surface area contributed by atoms with Crippen LogP contribution in [0.25, 0.3) is 44.8 Å². The van der Waals surface area contributed by atoms with Crippen LogP contribution in [0.4, 0.5) is 0 Å². The number of nitrogens with zero attached hydrogens (tertiary/aromatic N) is 4. The van der Waals surface area contributed by atoms with Crippen LogP contribution in [-0.4, -0.2) is 19.1 Å². The van der Waals surface area contributed by atoms with E-state index in [0.29, 0.717) is 0 Å². The lowest BCUT2D eigenvalue weighted by Crippen LogP contribution is -2.04. The Balaban J connectivity index is 1.73. The summed E-state index contributed by atoms with van der Waals surface area (Å²) in [5.74, 6) is 2.06. The normalized spacial score (nSPS) is 11.6. The lowest BCUT2D eigenvalue weighted by atomic mass is 10.1. The summed E-state index contributed by atoms with van der Waals surface area (Å²) in [5, 5.41) is 0. The molecule has 2 heterocycles. The van der Waals surface area contributed by atoms with Crippen molar-refractivity contribution >= 4 is 22.1 Å². The average Bonchev–Trinajstić information content (AvgIpc) is 3.39. The molecule has 0 unspecified atom stereocenters. The predicted molar refractivity (Wildman–Crippen MR) is 134 cm³/mol. The van der Waals surface area contributed by atoms with Gasteiger partial charge in [-0.3, -0.25) is 0 Å². The van der Waals surface area contributed by atoms with E-state index >= 15 is 0 Å². The molecule has 4 heteroatoms. The van der Waals surface area contributed by atoms with Crippen LogP contribution in [0.15, 0.2) is 72.8 Å². The maximum atomic E-state index is 5.09. The van der Waals surface area contributed by atoms with Crippen molar-refractivity contribution < 1.29 is 0 Å². The Kier molecular flexibility index (Phi) is 5.76. The Bertz CT molecular complexity index is 1250. The van der Waals surface area contributed by atoms with Gasteiger partial charge in [0.05, 0.1) is 22.1 Å². The van der Waals surface area contributed by atoms with E-state index < -0.39 is 0 Å². The highest BCUT2D eigenvalue weighted by atomic mass is 15.1. The molecule has 0 radical (unpaired) electrons. The number of aromatic nitrogens is 4. The second-order valence-corrected chi connectivity index (χ2v) is 8.40. The second-order valence-electron chi connectivity index (χ2n) is 8.40. The summed E-state index contributed by atoms with van der Waals surface area (Å²) >= 11 is 0. The lowest BCUT2D eigenvalue weighted by Gasteiger charge is -2.14. The van der Waals surface area contributed by atoms with E-state index in [1.165, 1.54) is 11.0 Å². The van der Waals surface area contributed by atoms with Gasteiger partial charge in [-0.25, -0.2) is 9.97 Å². The van der Waals surface area contributed by atoms with Crippen molar-refractivity contribution in [3.63, 3.8) is 0 Å². The molecule has 0 atom stereocenters. The van der Waals surface area contributed by atoms with Crippen LogP contribution >= 0.6 is 0 Å². The maximum absolute atomic E-state index is 5.09. The van der Waals surface area contributed by atoms with Crippen LogP contribution in [0.5, 0.6) is 0 Å². The first-order valence-corrected chi connectivity index (χ1v) is 11.8. The van der Waals surface area contributed by atoms with Gasteiger partial charge in [-0.15, -0.1) is 0 Å². The number of rotatable bonds is 8. The first-order valence-electron chi connectivity index (χ1n) is 11.8. The van der Waals surface area contributed by atoms with Gasteiger partial charge >= 0.3 is 0 Å². The van der Waals surface area contributed by atoms with Crippen LogP contribution in [0.2, 0.25) is 0 Å². The van der Waals surface area contributed by atoms with Crippen molar-refractivity contribution in [3.05, 3.63) is 72.8 Å². The van der Waals surface area contributed by atoms with Gasteiger partial charge in [-0.05, 0) is 37.1 Å². The average molecular weight is 423 g/mol. The SMILES string of the molecule is CCCCn1c(-c2ccccc2-c2nc3ccccc3n2CCCC)nc2ccccc21. The van der Waals surface area contributed by atoms with Crippen molar-refractivity contribution in [2.24, 2.45) is 0 Å². The van der Waals surface area contributed by atoms with Crippen LogP contribution < -0.4 is 0 Å². The van der Waals surface area contributed by atoms with Gasteiger partial charge in [0.2, 0.25) is 0 Å². The molecule has 0 aliphatic carbocycles. The summed E-state index contributed by atoms with van der Waals surface area (Å²) in [5.41, 5.74) is 6.79. The molecule has 0 fully saturated rings. The zero-order chi connectivity index (χ0) is 21.9. The van der Waals surface area contributed by atoms with E-state index in [1.54, 1.807) is 0 Å². The highest BCUT2D eigenvalue weighted by Gasteiger charge is 2.20. The lowest BCUT2D eigenvalue weighted by molar-refractivity contribution is 0.648. The molecule has 0 saturated heterocycles. The van der Waals surface area contributed by atoms with Gasteiger partial charge in [0.15, 0.2) is 0 Å². The Morgan fingerprint density at radius 1 is 0.562 bits per heavy atom. The highest BCUT2D eigenvalue weighted by Crippen LogP contribution is 2.35. The molecule has 0 amide bonds. The quantitative estimate of drug-likeness (QED) is 0.263. The van der Waals surface area contributed by atoms with Gasteiger partial charge < -0.3 is 9.13 Å². The molecule has 4 nitrogen and oxygen atoms in total. The van der Waals surface area contributed by atoms with E-state index in [4.69, 9.17) is 9.97 Å². The molecule has 0 spiro atoms. The minimum absolute atomic E-state index is 0.965. The summed E-state index contributed by atoms with van der Waals surface area (Å²) in [6, 6.07) is 25.5. The minimum atomic E-state index is 0.965. The van der Waals surface area contributed by atoms with E-state index in [0.717, 1.165) is 72.6 Å². The first-order chi connectivity index (χ1) is 15.8. The minimum Gasteiger partial charge on any atom is -0.324 e. The summed E-state index contributed by atoms with van der Waals surface area (Å²) < 4.78 is 4.77. The largest absolute Gasteiger partial charge is 0.324 e. The molecule has 0 aliphatic rings. The van der Waals surface area contributed by atoms with E-state index in [2.05, 4.69) is 95.8 Å².